The third kappa shape index (κ3) is 3.20. The van der Waals surface area contributed by atoms with Crippen LogP contribution in [0.15, 0.2) is 28.9 Å². The Morgan fingerprint density at radius 1 is 1.65 bits per heavy atom. The lowest BCUT2D eigenvalue weighted by molar-refractivity contribution is -0.127. The number of piperidine rings is 1. The minimum atomic E-state index is -0.0143. The monoisotopic (exact) mass is 235 g/mol. The SMILES string of the molecule is O=C(/C=C/c1ccco1)N1CCC[C@@H](CO)C1. The first-order valence-electron chi connectivity index (χ1n) is 5.91. The summed E-state index contributed by atoms with van der Waals surface area (Å²) < 4.78 is 5.12. The second-order valence-corrected chi connectivity index (χ2v) is 4.32. The van der Waals surface area contributed by atoms with Gasteiger partial charge in [-0.25, -0.2) is 0 Å². The molecule has 4 nitrogen and oxygen atoms in total. The number of carbonyl (C=O) groups is 1. The summed E-state index contributed by atoms with van der Waals surface area (Å²) in [6.07, 6.45) is 6.74. The highest BCUT2D eigenvalue weighted by molar-refractivity contribution is 5.91. The van der Waals surface area contributed by atoms with Crippen molar-refractivity contribution in [2.45, 2.75) is 12.8 Å². The Hall–Kier alpha value is -1.55. The summed E-state index contributed by atoms with van der Waals surface area (Å²) >= 11 is 0. The standard InChI is InChI=1S/C13H17NO3/c15-10-11-3-1-7-14(9-11)13(16)6-5-12-4-2-8-17-12/h2,4-6,8,11,15H,1,3,7,9-10H2/b6-5+/t11-/m1/s1. The van der Waals surface area contributed by atoms with Gasteiger partial charge in [0.1, 0.15) is 5.76 Å². The second-order valence-electron chi connectivity index (χ2n) is 4.32. The molecular weight excluding hydrogens is 218 g/mol. The molecule has 2 heterocycles. The molecule has 92 valence electrons. The van der Waals surface area contributed by atoms with Gasteiger partial charge in [-0.15, -0.1) is 0 Å². The van der Waals surface area contributed by atoms with Crippen LogP contribution in [0.2, 0.25) is 0 Å². The molecule has 17 heavy (non-hydrogen) atoms. The Labute approximate surface area is 101 Å². The highest BCUT2D eigenvalue weighted by Gasteiger charge is 2.21. The van der Waals surface area contributed by atoms with Gasteiger partial charge in [0.2, 0.25) is 5.91 Å². The van der Waals surface area contributed by atoms with Gasteiger partial charge in [-0.3, -0.25) is 4.79 Å². The van der Waals surface area contributed by atoms with Crippen LogP contribution >= 0.6 is 0 Å². The van der Waals surface area contributed by atoms with Crippen molar-refractivity contribution in [3.8, 4) is 0 Å². The second kappa shape index (κ2) is 5.68. The lowest BCUT2D eigenvalue weighted by atomic mass is 9.99. The number of likely N-dealkylation sites (tertiary alicyclic amines) is 1. The molecule has 1 aliphatic heterocycles. The number of rotatable bonds is 3. The summed E-state index contributed by atoms with van der Waals surface area (Å²) in [6.45, 7) is 1.58. The molecule has 4 heteroatoms. The van der Waals surface area contributed by atoms with Gasteiger partial charge in [-0.1, -0.05) is 0 Å². The van der Waals surface area contributed by atoms with Crippen LogP contribution in [0.25, 0.3) is 6.08 Å². The van der Waals surface area contributed by atoms with Crippen molar-refractivity contribution in [2.75, 3.05) is 19.7 Å². The quantitative estimate of drug-likeness (QED) is 0.808. The van der Waals surface area contributed by atoms with E-state index in [0.717, 1.165) is 19.4 Å². The predicted molar refractivity (Wildman–Crippen MR) is 64.1 cm³/mol. The molecule has 0 aliphatic carbocycles. The number of aliphatic hydroxyl groups excluding tert-OH is 1. The van der Waals surface area contributed by atoms with Crippen molar-refractivity contribution in [3.05, 3.63) is 30.2 Å². The molecule has 0 bridgehead atoms. The van der Waals surface area contributed by atoms with Gasteiger partial charge in [0.15, 0.2) is 0 Å². The fourth-order valence-electron chi connectivity index (χ4n) is 2.06. The molecule has 0 saturated carbocycles. The summed E-state index contributed by atoms with van der Waals surface area (Å²) in [5, 5.41) is 9.10. The highest BCUT2D eigenvalue weighted by atomic mass is 16.3. The van der Waals surface area contributed by atoms with Crippen LogP contribution in [-0.4, -0.2) is 35.6 Å². The van der Waals surface area contributed by atoms with Gasteiger partial charge in [0.05, 0.1) is 6.26 Å². The van der Waals surface area contributed by atoms with E-state index >= 15 is 0 Å². The van der Waals surface area contributed by atoms with Gasteiger partial charge in [-0.05, 0) is 37.0 Å². The summed E-state index contributed by atoms with van der Waals surface area (Å²) in [7, 11) is 0. The summed E-state index contributed by atoms with van der Waals surface area (Å²) in [4.78, 5) is 13.7. The van der Waals surface area contributed by atoms with Crippen LogP contribution in [0.3, 0.4) is 0 Å². The Kier molecular flexibility index (Phi) is 3.98. The molecule has 2 rings (SSSR count). The Bertz CT molecular complexity index is 383. The largest absolute Gasteiger partial charge is 0.465 e. The van der Waals surface area contributed by atoms with Gasteiger partial charge in [-0.2, -0.15) is 0 Å². The first-order chi connectivity index (χ1) is 8.29. The molecule has 0 unspecified atom stereocenters. The van der Waals surface area contributed by atoms with Gasteiger partial charge in [0.25, 0.3) is 0 Å². The normalized spacial score (nSPS) is 21.0. The van der Waals surface area contributed by atoms with E-state index in [9.17, 15) is 4.79 Å². The van der Waals surface area contributed by atoms with Crippen molar-refractivity contribution in [1.82, 2.24) is 4.90 Å². The molecule has 1 amide bonds. The maximum absolute atomic E-state index is 11.9. The average molecular weight is 235 g/mol. The van der Waals surface area contributed by atoms with Crippen LogP contribution in [0.4, 0.5) is 0 Å². The Balaban J connectivity index is 1.91. The average Bonchev–Trinajstić information content (AvgIpc) is 2.89. The number of hydrogen-bond acceptors (Lipinski definition) is 3. The topological polar surface area (TPSA) is 53.7 Å². The van der Waals surface area contributed by atoms with E-state index in [1.54, 1.807) is 29.4 Å². The van der Waals surface area contributed by atoms with Crippen LogP contribution in [0, 0.1) is 5.92 Å². The zero-order valence-electron chi connectivity index (χ0n) is 9.71. The first kappa shape index (κ1) is 11.9. The number of carbonyl (C=O) groups excluding carboxylic acids is 1. The maximum atomic E-state index is 11.9. The lowest BCUT2D eigenvalue weighted by Crippen LogP contribution is -2.40. The fourth-order valence-corrected chi connectivity index (χ4v) is 2.06. The van der Waals surface area contributed by atoms with E-state index < -0.39 is 0 Å². The molecule has 1 saturated heterocycles. The van der Waals surface area contributed by atoms with Crippen molar-refractivity contribution < 1.29 is 14.3 Å². The van der Waals surface area contributed by atoms with Crippen molar-refractivity contribution in [1.29, 1.82) is 0 Å². The molecule has 1 N–H and O–H groups in total. The number of furan rings is 1. The van der Waals surface area contributed by atoms with Crippen LogP contribution < -0.4 is 0 Å². The minimum absolute atomic E-state index is 0.0143. The van der Waals surface area contributed by atoms with Crippen molar-refractivity contribution >= 4 is 12.0 Å². The smallest absolute Gasteiger partial charge is 0.246 e. The van der Waals surface area contributed by atoms with E-state index in [0.29, 0.717) is 12.3 Å². The Morgan fingerprint density at radius 2 is 2.53 bits per heavy atom. The van der Waals surface area contributed by atoms with E-state index in [1.165, 1.54) is 6.08 Å². The molecule has 0 aromatic carbocycles. The number of aliphatic hydroxyl groups is 1. The third-order valence-electron chi connectivity index (χ3n) is 3.02. The summed E-state index contributed by atoms with van der Waals surface area (Å²) in [5.41, 5.74) is 0. The van der Waals surface area contributed by atoms with Crippen LogP contribution in [-0.2, 0) is 4.79 Å². The zero-order chi connectivity index (χ0) is 12.1. The molecule has 1 aliphatic rings. The predicted octanol–water partition coefficient (Wildman–Crippen LogP) is 1.52. The number of amides is 1. The minimum Gasteiger partial charge on any atom is -0.465 e. The molecule has 0 spiro atoms. The van der Waals surface area contributed by atoms with Crippen LogP contribution in [0.1, 0.15) is 18.6 Å². The summed E-state index contributed by atoms with van der Waals surface area (Å²) in [6, 6.07) is 3.59. The first-order valence-corrected chi connectivity index (χ1v) is 5.91. The van der Waals surface area contributed by atoms with Crippen LogP contribution in [0.5, 0.6) is 0 Å². The van der Waals surface area contributed by atoms with E-state index in [2.05, 4.69) is 0 Å². The molecule has 0 radical (unpaired) electrons. The number of nitrogens with zero attached hydrogens (tertiary/aromatic N) is 1. The summed E-state index contributed by atoms with van der Waals surface area (Å²) in [5.74, 6) is 0.887. The van der Waals surface area contributed by atoms with Gasteiger partial charge >= 0.3 is 0 Å². The molecule has 1 aromatic heterocycles. The fraction of sp³-hybridized carbons (Fsp3) is 0.462. The van der Waals surface area contributed by atoms with Crippen molar-refractivity contribution in [2.24, 2.45) is 5.92 Å². The lowest BCUT2D eigenvalue weighted by Gasteiger charge is -2.31. The van der Waals surface area contributed by atoms with E-state index in [4.69, 9.17) is 9.52 Å². The maximum Gasteiger partial charge on any atom is 0.246 e. The van der Waals surface area contributed by atoms with E-state index in [1.807, 2.05) is 0 Å². The van der Waals surface area contributed by atoms with E-state index in [-0.39, 0.29) is 18.4 Å². The highest BCUT2D eigenvalue weighted by Crippen LogP contribution is 2.16. The van der Waals surface area contributed by atoms with Gasteiger partial charge < -0.3 is 14.4 Å². The molecule has 1 fully saturated rings. The molecule has 1 atom stereocenters. The molecule has 1 aromatic rings. The van der Waals surface area contributed by atoms with Crippen molar-refractivity contribution in [3.63, 3.8) is 0 Å². The Morgan fingerprint density at radius 3 is 3.24 bits per heavy atom. The van der Waals surface area contributed by atoms with Gasteiger partial charge in [0, 0.05) is 25.8 Å². The number of hydrogen-bond donors (Lipinski definition) is 1. The molecular formula is C13H17NO3. The third-order valence-corrected chi connectivity index (χ3v) is 3.02. The zero-order valence-corrected chi connectivity index (χ0v) is 9.71.